The minimum Gasteiger partial charge on any atom is -0.493 e. The Morgan fingerprint density at radius 1 is 1.30 bits per heavy atom. The molecule has 0 radical (unpaired) electrons. The Bertz CT molecular complexity index is 657. The molecule has 1 atom stereocenters. The highest BCUT2D eigenvalue weighted by atomic mass is 32.1. The van der Waals surface area contributed by atoms with Gasteiger partial charge in [-0.3, -0.25) is 0 Å². The summed E-state index contributed by atoms with van der Waals surface area (Å²) in [5.74, 6) is 0.830. The SMILES string of the molecule is CCOc1cc([C@@H]2NC(=S)NC(C)=C2C(=O)OC)ccc1OC. The molecule has 7 heteroatoms. The van der Waals surface area contributed by atoms with Gasteiger partial charge >= 0.3 is 5.97 Å². The molecule has 0 unspecified atom stereocenters. The van der Waals surface area contributed by atoms with Gasteiger partial charge in [0.2, 0.25) is 0 Å². The van der Waals surface area contributed by atoms with E-state index in [1.54, 1.807) is 20.1 Å². The minimum atomic E-state index is -0.415. The standard InChI is InChI=1S/C16H20N2O4S/c1-5-22-12-8-10(6-7-11(12)20-3)14-13(15(19)21-4)9(2)17-16(23)18-14/h6-8,14H,5H2,1-4H3,(H2,17,18,23)/t14-/m0/s1. The van der Waals surface area contributed by atoms with Crippen LogP contribution in [-0.2, 0) is 9.53 Å². The fourth-order valence-electron chi connectivity index (χ4n) is 2.47. The lowest BCUT2D eigenvalue weighted by molar-refractivity contribution is -0.136. The molecule has 0 saturated carbocycles. The lowest BCUT2D eigenvalue weighted by Gasteiger charge is -2.30. The van der Waals surface area contributed by atoms with Crippen molar-refractivity contribution in [3.63, 3.8) is 0 Å². The molecule has 2 rings (SSSR count). The second kappa shape index (κ2) is 7.32. The molecule has 1 aliphatic heterocycles. The van der Waals surface area contributed by atoms with Crippen LogP contribution in [0.1, 0.15) is 25.5 Å². The summed E-state index contributed by atoms with van der Waals surface area (Å²) in [4.78, 5) is 12.1. The summed E-state index contributed by atoms with van der Waals surface area (Å²) >= 11 is 5.20. The number of methoxy groups -OCH3 is 2. The number of ether oxygens (including phenoxy) is 3. The summed E-state index contributed by atoms with van der Waals surface area (Å²) in [6.45, 7) is 4.20. The molecule has 1 heterocycles. The molecule has 0 aliphatic carbocycles. The molecule has 6 nitrogen and oxygen atoms in total. The van der Waals surface area contributed by atoms with Crippen LogP contribution in [0.2, 0.25) is 0 Å². The number of thiocarbonyl (C=S) groups is 1. The number of hydrogen-bond donors (Lipinski definition) is 2. The molecule has 0 saturated heterocycles. The molecule has 0 spiro atoms. The van der Waals surface area contributed by atoms with Gasteiger partial charge in [-0.05, 0) is 43.8 Å². The Kier molecular flexibility index (Phi) is 5.44. The average molecular weight is 336 g/mol. The van der Waals surface area contributed by atoms with Crippen molar-refractivity contribution < 1.29 is 19.0 Å². The molecule has 124 valence electrons. The van der Waals surface area contributed by atoms with Crippen LogP contribution in [-0.4, -0.2) is 31.9 Å². The smallest absolute Gasteiger partial charge is 0.337 e. The number of rotatable bonds is 5. The fourth-order valence-corrected chi connectivity index (χ4v) is 2.74. The topological polar surface area (TPSA) is 68.8 Å². The van der Waals surface area contributed by atoms with Crippen molar-refractivity contribution in [1.29, 1.82) is 0 Å². The Morgan fingerprint density at radius 2 is 2.04 bits per heavy atom. The Labute approximate surface area is 140 Å². The summed E-state index contributed by atoms with van der Waals surface area (Å²) in [5.41, 5.74) is 1.98. The van der Waals surface area contributed by atoms with Gasteiger partial charge in [-0.1, -0.05) is 6.07 Å². The van der Waals surface area contributed by atoms with Gasteiger partial charge in [0.1, 0.15) is 0 Å². The van der Waals surface area contributed by atoms with Crippen LogP contribution in [0.5, 0.6) is 11.5 Å². The van der Waals surface area contributed by atoms with Crippen molar-refractivity contribution in [2.24, 2.45) is 0 Å². The maximum Gasteiger partial charge on any atom is 0.337 e. The maximum absolute atomic E-state index is 12.1. The van der Waals surface area contributed by atoms with Crippen LogP contribution in [0.4, 0.5) is 0 Å². The van der Waals surface area contributed by atoms with Gasteiger partial charge in [0.15, 0.2) is 16.6 Å². The largest absolute Gasteiger partial charge is 0.493 e. The molecule has 1 aromatic rings. The molecule has 2 N–H and O–H groups in total. The second-order valence-corrected chi connectivity index (χ2v) is 5.31. The van der Waals surface area contributed by atoms with Gasteiger partial charge in [0.05, 0.1) is 32.4 Å². The third-order valence-electron chi connectivity index (χ3n) is 3.50. The van der Waals surface area contributed by atoms with Crippen molar-refractivity contribution in [2.45, 2.75) is 19.9 Å². The first-order valence-corrected chi connectivity index (χ1v) is 7.60. The fraction of sp³-hybridized carbons (Fsp3) is 0.375. The Hall–Kier alpha value is -2.28. The molecule has 23 heavy (non-hydrogen) atoms. The molecule has 0 bridgehead atoms. The highest BCUT2D eigenvalue weighted by molar-refractivity contribution is 7.80. The molecule has 0 fully saturated rings. The van der Waals surface area contributed by atoms with E-state index in [0.29, 0.717) is 34.5 Å². The highest BCUT2D eigenvalue weighted by Crippen LogP contribution is 2.34. The zero-order valence-corrected chi connectivity index (χ0v) is 14.4. The van der Waals surface area contributed by atoms with Gasteiger partial charge in [-0.2, -0.15) is 0 Å². The molecule has 0 aromatic heterocycles. The van der Waals surface area contributed by atoms with E-state index in [0.717, 1.165) is 5.56 Å². The number of nitrogens with one attached hydrogen (secondary N) is 2. The van der Waals surface area contributed by atoms with Gasteiger partial charge in [-0.15, -0.1) is 0 Å². The lowest BCUT2D eigenvalue weighted by Crippen LogP contribution is -2.45. The normalized spacial score (nSPS) is 17.2. The Morgan fingerprint density at radius 3 is 2.65 bits per heavy atom. The predicted octanol–water partition coefficient (Wildman–Crippen LogP) is 2.06. The van der Waals surface area contributed by atoms with Crippen LogP contribution in [0.25, 0.3) is 0 Å². The number of hydrogen-bond acceptors (Lipinski definition) is 5. The lowest BCUT2D eigenvalue weighted by atomic mass is 9.95. The zero-order valence-electron chi connectivity index (χ0n) is 13.6. The third kappa shape index (κ3) is 3.56. The van der Waals surface area contributed by atoms with Crippen LogP contribution >= 0.6 is 12.2 Å². The van der Waals surface area contributed by atoms with Crippen molar-refractivity contribution in [2.75, 3.05) is 20.8 Å². The summed E-state index contributed by atoms with van der Waals surface area (Å²) in [5, 5.41) is 6.50. The second-order valence-electron chi connectivity index (χ2n) is 4.91. The maximum atomic E-state index is 12.1. The summed E-state index contributed by atoms with van der Waals surface area (Å²) < 4.78 is 15.8. The van der Waals surface area contributed by atoms with Crippen LogP contribution < -0.4 is 20.1 Å². The zero-order chi connectivity index (χ0) is 17.0. The first-order chi connectivity index (χ1) is 11.0. The van der Waals surface area contributed by atoms with E-state index in [2.05, 4.69) is 10.6 Å². The molecule has 0 amide bonds. The first kappa shape index (κ1) is 17.1. The van der Waals surface area contributed by atoms with Crippen molar-refractivity contribution in [3.8, 4) is 11.5 Å². The van der Waals surface area contributed by atoms with Gasteiger partial charge in [-0.25, -0.2) is 4.79 Å². The van der Waals surface area contributed by atoms with Crippen LogP contribution in [0.15, 0.2) is 29.5 Å². The summed E-state index contributed by atoms with van der Waals surface area (Å²) in [6.07, 6.45) is 0. The van der Waals surface area contributed by atoms with Crippen molar-refractivity contribution in [1.82, 2.24) is 10.6 Å². The molecular formula is C16H20N2O4S. The van der Waals surface area contributed by atoms with Gasteiger partial charge < -0.3 is 24.8 Å². The number of esters is 1. The van der Waals surface area contributed by atoms with E-state index in [-0.39, 0.29) is 0 Å². The number of benzene rings is 1. The molecule has 1 aromatic carbocycles. The first-order valence-electron chi connectivity index (χ1n) is 7.19. The molecule has 1 aliphatic rings. The van der Waals surface area contributed by atoms with E-state index in [4.69, 9.17) is 26.4 Å². The summed E-state index contributed by atoms with van der Waals surface area (Å²) in [6, 6.07) is 5.09. The van der Waals surface area contributed by atoms with Crippen LogP contribution in [0.3, 0.4) is 0 Å². The average Bonchev–Trinajstić information content (AvgIpc) is 2.53. The number of carbonyl (C=O) groups excluding carboxylic acids is 1. The third-order valence-corrected chi connectivity index (χ3v) is 3.72. The van der Waals surface area contributed by atoms with E-state index in [9.17, 15) is 4.79 Å². The van der Waals surface area contributed by atoms with E-state index in [1.807, 2.05) is 19.1 Å². The quantitative estimate of drug-likeness (QED) is 0.630. The molecular weight excluding hydrogens is 316 g/mol. The van der Waals surface area contributed by atoms with E-state index in [1.165, 1.54) is 7.11 Å². The predicted molar refractivity (Wildman–Crippen MR) is 90.5 cm³/mol. The summed E-state index contributed by atoms with van der Waals surface area (Å²) in [7, 11) is 2.94. The van der Waals surface area contributed by atoms with E-state index < -0.39 is 12.0 Å². The van der Waals surface area contributed by atoms with Crippen molar-refractivity contribution >= 4 is 23.3 Å². The Balaban J connectivity index is 2.49. The minimum absolute atomic E-state index is 0.413. The van der Waals surface area contributed by atoms with Gasteiger partial charge in [0, 0.05) is 5.70 Å². The monoisotopic (exact) mass is 336 g/mol. The van der Waals surface area contributed by atoms with E-state index >= 15 is 0 Å². The van der Waals surface area contributed by atoms with Crippen molar-refractivity contribution in [3.05, 3.63) is 35.0 Å². The highest BCUT2D eigenvalue weighted by Gasteiger charge is 2.31. The number of carbonyl (C=O) groups is 1. The van der Waals surface area contributed by atoms with Gasteiger partial charge in [0.25, 0.3) is 0 Å². The number of allylic oxidation sites excluding steroid dienone is 1. The van der Waals surface area contributed by atoms with Crippen LogP contribution in [0, 0.1) is 0 Å².